The molecule has 0 atom stereocenters. The van der Waals surface area contributed by atoms with E-state index in [9.17, 15) is 5.11 Å². The minimum Gasteiger partial charge on any atom is -0.504 e. The number of phenols is 1. The van der Waals surface area contributed by atoms with E-state index in [2.05, 4.69) is 18.7 Å². The van der Waals surface area contributed by atoms with E-state index in [1.165, 1.54) is 19.3 Å². The molecule has 0 saturated carbocycles. The molecule has 1 aromatic carbocycles. The smallest absolute Gasteiger partial charge is 0.162 e. The number of nitrogens with zero attached hydrogens (tertiary/aromatic N) is 1. The summed E-state index contributed by atoms with van der Waals surface area (Å²) in [6.07, 6.45) is 3.74. The molecule has 1 aliphatic rings. The van der Waals surface area contributed by atoms with Gasteiger partial charge in [0.1, 0.15) is 0 Å². The molecule has 0 bridgehead atoms. The van der Waals surface area contributed by atoms with Crippen LogP contribution in [0, 0.1) is 5.41 Å². The van der Waals surface area contributed by atoms with E-state index in [4.69, 9.17) is 4.74 Å². The molecule has 1 heterocycles. The van der Waals surface area contributed by atoms with Crippen LogP contribution in [0.25, 0.3) is 0 Å². The van der Waals surface area contributed by atoms with Crippen LogP contribution < -0.4 is 4.74 Å². The highest BCUT2D eigenvalue weighted by atomic mass is 16.5. The van der Waals surface area contributed by atoms with Gasteiger partial charge in [0, 0.05) is 12.1 Å². The number of likely N-dealkylation sites (tertiary alicyclic amines) is 1. The van der Waals surface area contributed by atoms with Crippen molar-refractivity contribution in [1.29, 1.82) is 0 Å². The predicted octanol–water partition coefficient (Wildman–Crippen LogP) is 3.41. The monoisotopic (exact) mass is 263 g/mol. The van der Waals surface area contributed by atoms with Crippen molar-refractivity contribution in [2.75, 3.05) is 20.2 Å². The summed E-state index contributed by atoms with van der Waals surface area (Å²) in [4.78, 5) is 2.43. The Morgan fingerprint density at radius 2 is 2.05 bits per heavy atom. The van der Waals surface area contributed by atoms with E-state index in [-0.39, 0.29) is 5.75 Å². The lowest BCUT2D eigenvalue weighted by Crippen LogP contribution is -2.25. The van der Waals surface area contributed by atoms with Crippen LogP contribution in [0.15, 0.2) is 18.2 Å². The molecule has 1 saturated heterocycles. The summed E-state index contributed by atoms with van der Waals surface area (Å²) in [6, 6.07) is 5.72. The summed E-state index contributed by atoms with van der Waals surface area (Å²) in [5.41, 5.74) is 1.41. The molecule has 1 aliphatic heterocycles. The molecular formula is C16H25NO2. The molecule has 0 aliphatic carbocycles. The lowest BCUT2D eigenvalue weighted by atomic mass is 9.85. The lowest BCUT2D eigenvalue weighted by molar-refractivity contribution is 0.252. The van der Waals surface area contributed by atoms with Crippen LogP contribution in [0.3, 0.4) is 0 Å². The molecular weight excluding hydrogens is 238 g/mol. The Labute approximate surface area is 116 Å². The zero-order valence-corrected chi connectivity index (χ0v) is 12.3. The maximum atomic E-state index is 10.1. The lowest BCUT2D eigenvalue weighted by Gasteiger charge is -2.23. The van der Waals surface area contributed by atoms with Gasteiger partial charge in [-0.1, -0.05) is 26.0 Å². The highest BCUT2D eigenvalue weighted by molar-refractivity contribution is 5.45. The molecule has 0 unspecified atom stereocenters. The number of para-hydroxylation sites is 1. The van der Waals surface area contributed by atoms with Crippen molar-refractivity contribution in [2.24, 2.45) is 5.41 Å². The van der Waals surface area contributed by atoms with Crippen LogP contribution in [-0.2, 0) is 6.54 Å². The van der Waals surface area contributed by atoms with Crippen LogP contribution in [0.4, 0.5) is 0 Å². The number of benzene rings is 1. The van der Waals surface area contributed by atoms with Crippen molar-refractivity contribution in [2.45, 2.75) is 39.7 Å². The zero-order valence-electron chi connectivity index (χ0n) is 12.3. The highest BCUT2D eigenvalue weighted by Gasteiger charge is 2.23. The van der Waals surface area contributed by atoms with Crippen LogP contribution in [-0.4, -0.2) is 30.2 Å². The number of ether oxygens (including phenoxy) is 1. The zero-order chi connectivity index (χ0) is 13.9. The second-order valence-electron chi connectivity index (χ2n) is 6.26. The van der Waals surface area contributed by atoms with Crippen molar-refractivity contribution in [3.05, 3.63) is 23.8 Å². The molecule has 0 amide bonds. The molecule has 2 rings (SSSR count). The Kier molecular flexibility index (Phi) is 4.35. The summed E-state index contributed by atoms with van der Waals surface area (Å²) in [6.45, 7) is 7.71. The first-order valence-electron chi connectivity index (χ1n) is 7.09. The van der Waals surface area contributed by atoms with E-state index >= 15 is 0 Å². The van der Waals surface area contributed by atoms with Gasteiger partial charge in [-0.2, -0.15) is 0 Å². The van der Waals surface area contributed by atoms with E-state index in [0.717, 1.165) is 25.2 Å². The van der Waals surface area contributed by atoms with Gasteiger partial charge in [-0.05, 0) is 43.8 Å². The van der Waals surface area contributed by atoms with Gasteiger partial charge in [0.05, 0.1) is 7.11 Å². The molecule has 19 heavy (non-hydrogen) atoms. The molecule has 1 N–H and O–H groups in total. The topological polar surface area (TPSA) is 32.7 Å². The van der Waals surface area contributed by atoms with Gasteiger partial charge in [0.25, 0.3) is 0 Å². The number of hydrogen-bond acceptors (Lipinski definition) is 3. The van der Waals surface area contributed by atoms with Gasteiger partial charge in [-0.25, -0.2) is 0 Å². The number of hydrogen-bond donors (Lipinski definition) is 1. The van der Waals surface area contributed by atoms with E-state index in [1.54, 1.807) is 13.2 Å². The highest BCUT2D eigenvalue weighted by Crippen LogP contribution is 2.33. The second kappa shape index (κ2) is 5.83. The van der Waals surface area contributed by atoms with Gasteiger partial charge in [0.2, 0.25) is 0 Å². The fraction of sp³-hybridized carbons (Fsp3) is 0.625. The summed E-state index contributed by atoms with van der Waals surface area (Å²) in [5, 5.41) is 10.1. The van der Waals surface area contributed by atoms with Crippen molar-refractivity contribution in [3.8, 4) is 11.5 Å². The quantitative estimate of drug-likeness (QED) is 0.907. The van der Waals surface area contributed by atoms with Crippen LogP contribution in [0.1, 0.15) is 38.7 Å². The van der Waals surface area contributed by atoms with Crippen LogP contribution in [0.5, 0.6) is 11.5 Å². The Hall–Kier alpha value is -1.22. The molecule has 3 heteroatoms. The number of aromatic hydroxyl groups is 1. The molecule has 1 aromatic rings. The molecule has 0 radical (unpaired) electrons. The van der Waals surface area contributed by atoms with Gasteiger partial charge in [0.15, 0.2) is 11.5 Å². The van der Waals surface area contributed by atoms with Gasteiger partial charge >= 0.3 is 0 Å². The SMILES string of the molecule is COc1cccc(CN2CCCC(C)(C)CC2)c1O. The summed E-state index contributed by atoms with van der Waals surface area (Å²) in [5.74, 6) is 0.848. The standard InChI is InChI=1S/C16H25NO2/c1-16(2)8-5-10-17(11-9-16)12-13-6-4-7-14(19-3)15(13)18/h4,6-7,18H,5,8-12H2,1-3H3. The van der Waals surface area contributed by atoms with Crippen molar-refractivity contribution >= 4 is 0 Å². The molecule has 0 spiro atoms. The third-order valence-electron chi connectivity index (χ3n) is 4.13. The Morgan fingerprint density at radius 3 is 2.79 bits per heavy atom. The van der Waals surface area contributed by atoms with Crippen molar-refractivity contribution in [3.63, 3.8) is 0 Å². The number of phenolic OH excluding ortho intramolecular Hbond substituents is 1. The second-order valence-corrected chi connectivity index (χ2v) is 6.26. The molecule has 0 aromatic heterocycles. The predicted molar refractivity (Wildman–Crippen MR) is 77.6 cm³/mol. The van der Waals surface area contributed by atoms with Gasteiger partial charge < -0.3 is 9.84 Å². The van der Waals surface area contributed by atoms with Gasteiger partial charge in [-0.15, -0.1) is 0 Å². The first-order chi connectivity index (χ1) is 9.02. The average molecular weight is 263 g/mol. The van der Waals surface area contributed by atoms with Crippen molar-refractivity contribution < 1.29 is 9.84 Å². The van der Waals surface area contributed by atoms with Crippen LogP contribution in [0.2, 0.25) is 0 Å². The molecule has 106 valence electrons. The first kappa shape index (κ1) is 14.2. The Bertz CT molecular complexity index is 429. The van der Waals surface area contributed by atoms with E-state index in [0.29, 0.717) is 11.2 Å². The Balaban J connectivity index is 2.05. The van der Waals surface area contributed by atoms with Crippen molar-refractivity contribution in [1.82, 2.24) is 4.90 Å². The van der Waals surface area contributed by atoms with E-state index in [1.807, 2.05) is 12.1 Å². The van der Waals surface area contributed by atoms with Gasteiger partial charge in [-0.3, -0.25) is 4.90 Å². The number of rotatable bonds is 3. The fourth-order valence-corrected chi connectivity index (χ4v) is 2.74. The minimum absolute atomic E-state index is 0.286. The maximum Gasteiger partial charge on any atom is 0.162 e. The number of methoxy groups -OCH3 is 1. The third-order valence-corrected chi connectivity index (χ3v) is 4.13. The summed E-state index contributed by atoms with van der Waals surface area (Å²) >= 11 is 0. The Morgan fingerprint density at radius 1 is 1.26 bits per heavy atom. The fourth-order valence-electron chi connectivity index (χ4n) is 2.74. The third kappa shape index (κ3) is 3.63. The maximum absolute atomic E-state index is 10.1. The first-order valence-corrected chi connectivity index (χ1v) is 7.09. The summed E-state index contributed by atoms with van der Waals surface area (Å²) < 4.78 is 5.16. The molecule has 1 fully saturated rings. The minimum atomic E-state index is 0.286. The van der Waals surface area contributed by atoms with Crippen LogP contribution >= 0.6 is 0 Å². The molecule has 3 nitrogen and oxygen atoms in total. The largest absolute Gasteiger partial charge is 0.504 e. The summed E-state index contributed by atoms with van der Waals surface area (Å²) in [7, 11) is 1.59. The van der Waals surface area contributed by atoms with E-state index < -0.39 is 0 Å². The normalized spacial score (nSPS) is 19.9. The average Bonchev–Trinajstić information content (AvgIpc) is 2.54.